The highest BCUT2D eigenvalue weighted by molar-refractivity contribution is 6.11. The fourth-order valence-corrected chi connectivity index (χ4v) is 3.64. The van der Waals surface area contributed by atoms with Crippen molar-refractivity contribution >= 4 is 22.5 Å². The van der Waals surface area contributed by atoms with Gasteiger partial charge in [0.05, 0.1) is 11.6 Å². The average Bonchev–Trinajstić information content (AvgIpc) is 2.88. The quantitative estimate of drug-likeness (QED) is 0.859. The van der Waals surface area contributed by atoms with Crippen LogP contribution in [0.2, 0.25) is 0 Å². The summed E-state index contributed by atoms with van der Waals surface area (Å²) in [6.07, 6.45) is 0. The van der Waals surface area contributed by atoms with Crippen LogP contribution in [0.25, 0.3) is 10.8 Å². The fourth-order valence-electron chi connectivity index (χ4n) is 3.64. The van der Waals surface area contributed by atoms with E-state index in [1.807, 2.05) is 82.2 Å². The second-order valence-electron chi connectivity index (χ2n) is 8.61. The summed E-state index contributed by atoms with van der Waals surface area (Å²) < 4.78 is 0. The van der Waals surface area contributed by atoms with Crippen molar-refractivity contribution < 1.29 is 14.7 Å². The van der Waals surface area contributed by atoms with E-state index in [1.54, 1.807) is 4.90 Å². The van der Waals surface area contributed by atoms with Crippen molar-refractivity contribution in [3.8, 4) is 0 Å². The number of fused-ring (bicyclic) bond motifs is 1. The van der Waals surface area contributed by atoms with E-state index < -0.39 is 23.1 Å². The Kier molecular flexibility index (Phi) is 5.31. The first-order valence-electron chi connectivity index (χ1n) is 9.54. The summed E-state index contributed by atoms with van der Waals surface area (Å²) in [6.45, 7) is 6.48. The molecule has 1 atom stereocenters. The molecule has 2 aromatic rings. The van der Waals surface area contributed by atoms with Crippen molar-refractivity contribution in [2.24, 2.45) is 5.41 Å². The highest BCUT2D eigenvalue weighted by Crippen LogP contribution is 2.42. The Labute approximate surface area is 166 Å². The smallest absolute Gasteiger partial charge is 0.290 e. The third kappa shape index (κ3) is 3.54. The maximum atomic E-state index is 13.2. The van der Waals surface area contributed by atoms with Gasteiger partial charge in [0, 0.05) is 18.5 Å². The van der Waals surface area contributed by atoms with Gasteiger partial charge in [0.25, 0.3) is 5.91 Å². The molecule has 5 nitrogen and oxygen atoms in total. The predicted octanol–water partition coefficient (Wildman–Crippen LogP) is 3.71. The first kappa shape index (κ1) is 20.1. The molecule has 1 amide bonds. The van der Waals surface area contributed by atoms with Gasteiger partial charge in [-0.15, -0.1) is 0 Å². The van der Waals surface area contributed by atoms with Gasteiger partial charge in [0.15, 0.2) is 11.5 Å². The molecule has 0 spiro atoms. The molecule has 1 aliphatic heterocycles. The third-order valence-corrected chi connectivity index (χ3v) is 5.14. The van der Waals surface area contributed by atoms with Crippen LogP contribution in [0.4, 0.5) is 0 Å². The van der Waals surface area contributed by atoms with Crippen LogP contribution in [0.1, 0.15) is 32.4 Å². The van der Waals surface area contributed by atoms with E-state index in [9.17, 15) is 14.7 Å². The van der Waals surface area contributed by atoms with Gasteiger partial charge in [-0.1, -0.05) is 63.2 Å². The summed E-state index contributed by atoms with van der Waals surface area (Å²) in [4.78, 5) is 29.7. The molecule has 5 heteroatoms. The number of ketones is 1. The zero-order valence-electron chi connectivity index (χ0n) is 17.2. The summed E-state index contributed by atoms with van der Waals surface area (Å²) in [5, 5.41) is 12.7. The number of aliphatic hydroxyl groups is 1. The minimum atomic E-state index is -0.704. The second kappa shape index (κ2) is 7.40. The minimum absolute atomic E-state index is 0.201. The average molecular weight is 380 g/mol. The molecular weight excluding hydrogens is 352 g/mol. The van der Waals surface area contributed by atoms with Gasteiger partial charge >= 0.3 is 0 Å². The van der Waals surface area contributed by atoms with Crippen molar-refractivity contribution in [1.82, 2.24) is 9.80 Å². The highest BCUT2D eigenvalue weighted by atomic mass is 16.3. The lowest BCUT2D eigenvalue weighted by Crippen LogP contribution is -2.37. The molecule has 3 rings (SSSR count). The van der Waals surface area contributed by atoms with Crippen molar-refractivity contribution in [2.45, 2.75) is 26.8 Å². The van der Waals surface area contributed by atoms with E-state index in [4.69, 9.17) is 0 Å². The van der Waals surface area contributed by atoms with Gasteiger partial charge in [0.2, 0.25) is 0 Å². The van der Waals surface area contributed by atoms with Gasteiger partial charge in [-0.3, -0.25) is 9.59 Å². The lowest BCUT2D eigenvalue weighted by atomic mass is 9.81. The third-order valence-electron chi connectivity index (χ3n) is 5.14. The lowest BCUT2D eigenvalue weighted by Gasteiger charge is -2.30. The number of likely N-dealkylation sites (N-methyl/N-ethyl adjacent to an activating group) is 1. The fraction of sp³-hybridized carbons (Fsp3) is 0.391. The Morgan fingerprint density at radius 1 is 1.11 bits per heavy atom. The molecule has 0 bridgehead atoms. The Hall–Kier alpha value is -2.66. The van der Waals surface area contributed by atoms with Crippen molar-refractivity contribution in [1.29, 1.82) is 0 Å². The second-order valence-corrected chi connectivity index (χ2v) is 8.61. The summed E-state index contributed by atoms with van der Waals surface area (Å²) in [6, 6.07) is 13.2. The van der Waals surface area contributed by atoms with Gasteiger partial charge in [-0.25, -0.2) is 0 Å². The van der Waals surface area contributed by atoms with E-state index in [2.05, 4.69) is 0 Å². The number of nitrogens with zero attached hydrogens (tertiary/aromatic N) is 2. The zero-order chi connectivity index (χ0) is 20.6. The van der Waals surface area contributed by atoms with Crippen LogP contribution in [0.3, 0.4) is 0 Å². The first-order valence-corrected chi connectivity index (χ1v) is 9.54. The summed E-state index contributed by atoms with van der Waals surface area (Å²) in [5.74, 6) is -1.10. The molecule has 1 aliphatic rings. The molecule has 0 saturated heterocycles. The molecular formula is C23H28N2O3. The molecule has 148 valence electrons. The number of carbonyl (C=O) groups is 2. The van der Waals surface area contributed by atoms with Gasteiger partial charge in [-0.2, -0.15) is 0 Å². The Morgan fingerprint density at radius 2 is 1.75 bits per heavy atom. The maximum absolute atomic E-state index is 13.2. The van der Waals surface area contributed by atoms with Crippen molar-refractivity contribution in [3.05, 3.63) is 59.4 Å². The summed E-state index contributed by atoms with van der Waals surface area (Å²) in [5.41, 5.74) is 0.360. The Morgan fingerprint density at radius 3 is 2.39 bits per heavy atom. The van der Waals surface area contributed by atoms with Crippen molar-refractivity contribution in [3.63, 3.8) is 0 Å². The number of benzene rings is 2. The van der Waals surface area contributed by atoms with Gasteiger partial charge < -0.3 is 14.9 Å². The number of hydrogen-bond donors (Lipinski definition) is 1. The summed E-state index contributed by atoms with van der Waals surface area (Å²) in [7, 11) is 3.87. The normalized spacial score (nSPS) is 17.9. The largest absolute Gasteiger partial charge is 0.503 e. The standard InChI is InChI=1S/C23H28N2O3/c1-23(2,3)21(27)18-19(25(14-13-24(4)5)22(28)20(18)26)17-12-8-10-15-9-6-7-11-16(15)17/h6-12,19,26H,13-14H2,1-5H3. The molecule has 1 heterocycles. The zero-order valence-corrected chi connectivity index (χ0v) is 17.2. The van der Waals surface area contributed by atoms with Crippen LogP contribution < -0.4 is 0 Å². The monoisotopic (exact) mass is 380 g/mol. The maximum Gasteiger partial charge on any atom is 0.290 e. The van der Waals surface area contributed by atoms with Crippen LogP contribution in [-0.4, -0.2) is 53.8 Å². The van der Waals surface area contributed by atoms with Gasteiger partial charge in [0.1, 0.15) is 0 Å². The number of rotatable bonds is 5. The number of amides is 1. The molecule has 0 aromatic heterocycles. The lowest BCUT2D eigenvalue weighted by molar-refractivity contribution is -0.129. The van der Waals surface area contributed by atoms with Crippen molar-refractivity contribution in [2.75, 3.05) is 27.2 Å². The molecule has 0 fully saturated rings. The topological polar surface area (TPSA) is 60.9 Å². The molecule has 28 heavy (non-hydrogen) atoms. The van der Waals surface area contributed by atoms with Crippen LogP contribution >= 0.6 is 0 Å². The Balaban J connectivity index is 2.20. The number of hydrogen-bond acceptors (Lipinski definition) is 4. The number of aliphatic hydroxyl groups excluding tert-OH is 1. The van der Waals surface area contributed by atoms with E-state index in [-0.39, 0.29) is 11.4 Å². The Bertz CT molecular complexity index is 948. The van der Waals surface area contributed by atoms with Gasteiger partial charge in [-0.05, 0) is 30.4 Å². The molecule has 0 aliphatic carbocycles. The van der Waals surface area contributed by atoms with E-state index in [0.717, 1.165) is 16.3 Å². The molecule has 2 aromatic carbocycles. The molecule has 0 radical (unpaired) electrons. The van der Waals surface area contributed by atoms with E-state index in [0.29, 0.717) is 13.1 Å². The predicted molar refractivity (Wildman–Crippen MR) is 111 cm³/mol. The highest BCUT2D eigenvalue weighted by Gasteiger charge is 2.46. The van der Waals surface area contributed by atoms with E-state index >= 15 is 0 Å². The van der Waals surface area contributed by atoms with Crippen LogP contribution in [0.5, 0.6) is 0 Å². The SMILES string of the molecule is CN(C)CCN1C(=O)C(O)=C(C(=O)C(C)(C)C)C1c1cccc2ccccc12. The minimum Gasteiger partial charge on any atom is -0.503 e. The number of Topliss-reactive ketones (excluding diaryl/α,β-unsaturated/α-hetero) is 1. The van der Waals surface area contributed by atoms with Crippen LogP contribution in [0.15, 0.2) is 53.8 Å². The molecule has 1 N–H and O–H groups in total. The van der Waals surface area contributed by atoms with Crippen LogP contribution in [0, 0.1) is 5.41 Å². The summed E-state index contributed by atoms with van der Waals surface area (Å²) >= 11 is 0. The molecule has 0 saturated carbocycles. The first-order chi connectivity index (χ1) is 13.1. The van der Waals surface area contributed by atoms with E-state index in [1.165, 1.54) is 0 Å². The van der Waals surface area contributed by atoms with Crippen LogP contribution in [-0.2, 0) is 9.59 Å². The molecule has 1 unspecified atom stereocenters. The number of carbonyl (C=O) groups excluding carboxylic acids is 2.